The fraction of sp³-hybridized carbons (Fsp3) is 0.143. The van der Waals surface area contributed by atoms with Gasteiger partial charge < -0.3 is 10.4 Å². The molecule has 0 atom stereocenters. The maximum atomic E-state index is 11.1. The molecule has 0 heterocycles. The quantitative estimate of drug-likeness (QED) is 0.751. The van der Waals surface area contributed by atoms with Crippen LogP contribution in [0.1, 0.15) is 11.1 Å². The van der Waals surface area contributed by atoms with Gasteiger partial charge in [-0.15, -0.1) is 0 Å². The molecule has 0 aliphatic rings. The Morgan fingerprint density at radius 1 is 1.10 bits per heavy atom. The largest absolute Gasteiger partial charge is 0.508 e. The Hall–Kier alpha value is -1.41. The molecule has 0 unspecified atom stereocenters. The lowest BCUT2D eigenvalue weighted by molar-refractivity contribution is 0.464. The lowest BCUT2D eigenvalue weighted by atomic mass is 10.2. The number of sulfonamides is 1. The van der Waals surface area contributed by atoms with Crippen LogP contribution in [0.4, 0.5) is 0 Å². The number of benzene rings is 2. The van der Waals surface area contributed by atoms with Crippen molar-refractivity contribution in [3.05, 3.63) is 58.1 Å². The zero-order valence-electron chi connectivity index (χ0n) is 11.1. The van der Waals surface area contributed by atoms with Crippen LogP contribution >= 0.6 is 15.9 Å². The van der Waals surface area contributed by atoms with E-state index in [1.165, 1.54) is 12.1 Å². The van der Waals surface area contributed by atoms with Crippen LogP contribution in [0.15, 0.2) is 51.8 Å². The van der Waals surface area contributed by atoms with E-state index in [-0.39, 0.29) is 10.6 Å². The second kappa shape index (κ2) is 6.57. The number of phenols is 1. The van der Waals surface area contributed by atoms with E-state index in [0.717, 1.165) is 15.6 Å². The number of primary sulfonamides is 1. The molecule has 112 valence electrons. The predicted octanol–water partition coefficient (Wildman–Crippen LogP) is 2.09. The minimum Gasteiger partial charge on any atom is -0.508 e. The lowest BCUT2D eigenvalue weighted by Gasteiger charge is -2.08. The molecule has 0 aliphatic carbocycles. The van der Waals surface area contributed by atoms with Crippen molar-refractivity contribution in [3.63, 3.8) is 0 Å². The SMILES string of the molecule is NS(=O)(=O)c1ccc(CNCc2cc(Br)ccc2O)cc1. The summed E-state index contributed by atoms with van der Waals surface area (Å²) in [4.78, 5) is 0.0934. The van der Waals surface area contributed by atoms with E-state index in [1.807, 2.05) is 6.07 Å². The minimum atomic E-state index is -3.65. The Morgan fingerprint density at radius 3 is 2.38 bits per heavy atom. The molecule has 0 amide bonds. The van der Waals surface area contributed by atoms with E-state index in [1.54, 1.807) is 24.3 Å². The molecule has 2 aromatic rings. The van der Waals surface area contributed by atoms with Crippen molar-refractivity contribution in [2.45, 2.75) is 18.0 Å². The highest BCUT2D eigenvalue weighted by molar-refractivity contribution is 9.10. The van der Waals surface area contributed by atoms with Gasteiger partial charge in [0.2, 0.25) is 10.0 Å². The lowest BCUT2D eigenvalue weighted by Crippen LogP contribution is -2.14. The number of phenolic OH excluding ortho intramolecular Hbond substituents is 1. The summed E-state index contributed by atoms with van der Waals surface area (Å²) in [5, 5.41) is 17.9. The molecular weight excluding hydrogens is 356 g/mol. The van der Waals surface area contributed by atoms with E-state index >= 15 is 0 Å². The summed E-state index contributed by atoms with van der Waals surface area (Å²) in [5.41, 5.74) is 1.71. The molecule has 7 heteroatoms. The van der Waals surface area contributed by atoms with Gasteiger partial charge in [-0.25, -0.2) is 13.6 Å². The molecule has 0 saturated heterocycles. The number of nitrogens with two attached hydrogens (primary N) is 1. The Morgan fingerprint density at radius 2 is 1.76 bits per heavy atom. The van der Waals surface area contributed by atoms with Crippen molar-refractivity contribution < 1.29 is 13.5 Å². The van der Waals surface area contributed by atoms with Crippen LogP contribution in [0.2, 0.25) is 0 Å². The molecule has 0 fully saturated rings. The van der Waals surface area contributed by atoms with Crippen molar-refractivity contribution in [1.29, 1.82) is 0 Å². The summed E-state index contributed by atoms with van der Waals surface area (Å²) >= 11 is 3.35. The van der Waals surface area contributed by atoms with Crippen molar-refractivity contribution in [3.8, 4) is 5.75 Å². The summed E-state index contributed by atoms with van der Waals surface area (Å²) in [6, 6.07) is 11.6. The summed E-state index contributed by atoms with van der Waals surface area (Å²) in [5.74, 6) is 0.232. The molecule has 5 nitrogen and oxygen atoms in total. The molecular formula is C14H15BrN2O3S. The predicted molar refractivity (Wildman–Crippen MR) is 84.2 cm³/mol. The zero-order chi connectivity index (χ0) is 15.5. The number of nitrogens with one attached hydrogen (secondary N) is 1. The maximum absolute atomic E-state index is 11.1. The van der Waals surface area contributed by atoms with Crippen molar-refractivity contribution in [2.75, 3.05) is 0 Å². The first-order valence-corrected chi connectivity index (χ1v) is 8.50. The normalized spacial score (nSPS) is 11.5. The van der Waals surface area contributed by atoms with Crippen molar-refractivity contribution in [1.82, 2.24) is 5.32 Å². The number of aromatic hydroxyl groups is 1. The summed E-state index contributed by atoms with van der Waals surface area (Å²) in [7, 11) is -3.65. The van der Waals surface area contributed by atoms with Gasteiger partial charge in [-0.1, -0.05) is 28.1 Å². The third-order valence-corrected chi connectivity index (χ3v) is 4.36. The molecule has 2 rings (SSSR count). The molecule has 0 radical (unpaired) electrons. The van der Waals surface area contributed by atoms with Crippen molar-refractivity contribution >= 4 is 26.0 Å². The van der Waals surface area contributed by atoms with Gasteiger partial charge >= 0.3 is 0 Å². The summed E-state index contributed by atoms with van der Waals surface area (Å²) in [6.07, 6.45) is 0. The number of hydrogen-bond acceptors (Lipinski definition) is 4. The fourth-order valence-electron chi connectivity index (χ4n) is 1.83. The second-order valence-corrected chi connectivity index (χ2v) is 7.04. The van der Waals surface area contributed by atoms with E-state index in [4.69, 9.17) is 5.14 Å². The van der Waals surface area contributed by atoms with Gasteiger partial charge in [0.25, 0.3) is 0 Å². The average molecular weight is 371 g/mol. The Kier molecular flexibility index (Phi) is 5.00. The molecule has 0 aliphatic heterocycles. The van der Waals surface area contributed by atoms with Gasteiger partial charge in [0.1, 0.15) is 5.75 Å². The van der Waals surface area contributed by atoms with Gasteiger partial charge in [0, 0.05) is 23.1 Å². The van der Waals surface area contributed by atoms with Gasteiger partial charge in [-0.2, -0.15) is 0 Å². The molecule has 2 aromatic carbocycles. The Balaban J connectivity index is 1.96. The molecule has 0 saturated carbocycles. The number of rotatable bonds is 5. The van der Waals surface area contributed by atoms with Gasteiger partial charge in [0.15, 0.2) is 0 Å². The van der Waals surface area contributed by atoms with Crippen LogP contribution in [0.3, 0.4) is 0 Å². The maximum Gasteiger partial charge on any atom is 0.238 e. The molecule has 0 aromatic heterocycles. The average Bonchev–Trinajstić information content (AvgIpc) is 2.42. The standard InChI is InChI=1S/C14H15BrN2O3S/c15-12-3-6-14(18)11(7-12)9-17-8-10-1-4-13(5-2-10)21(16,19)20/h1-7,17-18H,8-9H2,(H2,16,19,20). The molecule has 0 bridgehead atoms. The van der Waals surface area contributed by atoms with Crippen LogP contribution in [0.25, 0.3) is 0 Å². The van der Waals surface area contributed by atoms with Crippen LogP contribution in [0, 0.1) is 0 Å². The highest BCUT2D eigenvalue weighted by atomic mass is 79.9. The third kappa shape index (κ3) is 4.53. The topological polar surface area (TPSA) is 92.4 Å². The Bertz CT molecular complexity index is 730. The first-order chi connectivity index (χ1) is 9.86. The highest BCUT2D eigenvalue weighted by Gasteiger charge is 2.06. The zero-order valence-corrected chi connectivity index (χ0v) is 13.5. The monoisotopic (exact) mass is 370 g/mol. The summed E-state index contributed by atoms with van der Waals surface area (Å²) < 4.78 is 23.2. The fourth-order valence-corrected chi connectivity index (χ4v) is 2.76. The molecule has 21 heavy (non-hydrogen) atoms. The van der Waals surface area contributed by atoms with Gasteiger partial charge in [-0.05, 0) is 35.9 Å². The van der Waals surface area contributed by atoms with Crippen LogP contribution in [0.5, 0.6) is 5.75 Å². The van der Waals surface area contributed by atoms with Gasteiger partial charge in [0.05, 0.1) is 4.90 Å². The Labute approximate surface area is 132 Å². The smallest absolute Gasteiger partial charge is 0.238 e. The van der Waals surface area contributed by atoms with E-state index in [0.29, 0.717) is 13.1 Å². The first-order valence-electron chi connectivity index (χ1n) is 6.16. The minimum absolute atomic E-state index is 0.0934. The van der Waals surface area contributed by atoms with E-state index < -0.39 is 10.0 Å². The second-order valence-electron chi connectivity index (χ2n) is 4.57. The third-order valence-electron chi connectivity index (χ3n) is 2.94. The molecule has 4 N–H and O–H groups in total. The highest BCUT2D eigenvalue weighted by Crippen LogP contribution is 2.21. The van der Waals surface area contributed by atoms with Crippen LogP contribution in [-0.2, 0) is 23.1 Å². The van der Waals surface area contributed by atoms with Crippen LogP contribution < -0.4 is 10.5 Å². The van der Waals surface area contributed by atoms with Gasteiger partial charge in [-0.3, -0.25) is 0 Å². The van der Waals surface area contributed by atoms with Crippen LogP contribution in [-0.4, -0.2) is 13.5 Å². The van der Waals surface area contributed by atoms with E-state index in [9.17, 15) is 13.5 Å². The first kappa shape index (κ1) is 16.0. The molecule has 0 spiro atoms. The summed E-state index contributed by atoms with van der Waals surface area (Å²) in [6.45, 7) is 1.05. The van der Waals surface area contributed by atoms with Crippen molar-refractivity contribution in [2.24, 2.45) is 5.14 Å². The van der Waals surface area contributed by atoms with E-state index in [2.05, 4.69) is 21.2 Å². The number of halogens is 1. The number of hydrogen-bond donors (Lipinski definition) is 3.